The van der Waals surface area contributed by atoms with Crippen LogP contribution in [0.4, 0.5) is 0 Å². The highest BCUT2D eigenvalue weighted by Crippen LogP contribution is 2.25. The Balaban J connectivity index is 1.64. The summed E-state index contributed by atoms with van der Waals surface area (Å²) >= 11 is 0. The van der Waals surface area contributed by atoms with E-state index in [0.717, 1.165) is 16.8 Å². The largest absolute Gasteiger partial charge is 0.439 e. The molecule has 1 N–H and O–H groups in total. The minimum Gasteiger partial charge on any atom is -0.439 e. The zero-order valence-electron chi connectivity index (χ0n) is 10.3. The normalized spacial score (nSPS) is 15.2. The second-order valence-electron chi connectivity index (χ2n) is 4.74. The number of hydrogen-bond acceptors (Lipinski definition) is 5. The number of hydrogen-bond donors (Lipinski definition) is 1. The van der Waals surface area contributed by atoms with E-state index in [-0.39, 0.29) is 0 Å². The molecule has 3 aromatic rings. The molecule has 1 fully saturated rings. The van der Waals surface area contributed by atoms with Crippen molar-refractivity contribution in [3.05, 3.63) is 36.9 Å². The third-order valence-corrected chi connectivity index (χ3v) is 3.26. The van der Waals surface area contributed by atoms with Gasteiger partial charge in [-0.2, -0.15) is 5.10 Å². The van der Waals surface area contributed by atoms with Crippen LogP contribution in [-0.4, -0.2) is 25.6 Å². The fraction of sp³-hybridized carbons (Fsp3) is 0.308. The van der Waals surface area contributed by atoms with E-state index in [1.165, 1.54) is 12.8 Å². The van der Waals surface area contributed by atoms with Gasteiger partial charge in [0, 0.05) is 18.4 Å². The predicted octanol–water partition coefficient (Wildman–Crippen LogP) is 1.64. The Morgan fingerprint density at radius 3 is 3.16 bits per heavy atom. The highest BCUT2D eigenvalue weighted by atomic mass is 16.4. The smallest absolute Gasteiger partial charge is 0.208 e. The number of nitrogens with zero attached hydrogens (tertiary/aromatic N) is 4. The van der Waals surface area contributed by atoms with Gasteiger partial charge in [-0.05, 0) is 12.8 Å². The highest BCUT2D eigenvalue weighted by Gasteiger charge is 2.21. The van der Waals surface area contributed by atoms with Gasteiger partial charge < -0.3 is 9.73 Å². The fourth-order valence-corrected chi connectivity index (χ4v) is 2.06. The van der Waals surface area contributed by atoms with E-state index in [2.05, 4.69) is 20.4 Å². The molecule has 0 aromatic carbocycles. The van der Waals surface area contributed by atoms with Gasteiger partial charge in [-0.25, -0.2) is 9.50 Å². The summed E-state index contributed by atoms with van der Waals surface area (Å²) in [4.78, 5) is 8.40. The van der Waals surface area contributed by atoms with Crippen LogP contribution < -0.4 is 5.32 Å². The molecule has 3 aromatic heterocycles. The molecular formula is C13H13N5O. The zero-order valence-corrected chi connectivity index (χ0v) is 10.3. The number of oxazole rings is 1. The second-order valence-corrected chi connectivity index (χ2v) is 4.74. The summed E-state index contributed by atoms with van der Waals surface area (Å²) in [7, 11) is 0. The standard InChI is InChI=1S/C13H13N5O/c1-2-9(1)15-8-13-16-7-12(19-13)10-5-17-18-4-3-14-6-11(10)18/h3-7,9,15H,1-2,8H2. The molecule has 0 radical (unpaired) electrons. The van der Waals surface area contributed by atoms with Gasteiger partial charge in [-0.3, -0.25) is 4.98 Å². The van der Waals surface area contributed by atoms with E-state index in [1.54, 1.807) is 29.3 Å². The van der Waals surface area contributed by atoms with E-state index < -0.39 is 0 Å². The fourth-order valence-electron chi connectivity index (χ4n) is 2.06. The molecule has 4 rings (SSSR count). The van der Waals surface area contributed by atoms with E-state index in [9.17, 15) is 0 Å². The van der Waals surface area contributed by atoms with Gasteiger partial charge in [0.2, 0.25) is 5.89 Å². The molecule has 0 aliphatic heterocycles. The van der Waals surface area contributed by atoms with Crippen molar-refractivity contribution in [3.63, 3.8) is 0 Å². The first-order chi connectivity index (χ1) is 9.40. The molecule has 6 heteroatoms. The maximum Gasteiger partial charge on any atom is 0.208 e. The molecule has 1 saturated carbocycles. The van der Waals surface area contributed by atoms with Crippen molar-refractivity contribution in [1.82, 2.24) is 24.9 Å². The van der Waals surface area contributed by atoms with Gasteiger partial charge in [0.15, 0.2) is 5.76 Å². The number of rotatable bonds is 4. The second kappa shape index (κ2) is 4.17. The molecule has 0 unspecified atom stereocenters. The summed E-state index contributed by atoms with van der Waals surface area (Å²) < 4.78 is 7.53. The highest BCUT2D eigenvalue weighted by molar-refractivity contribution is 5.75. The molecule has 3 heterocycles. The van der Waals surface area contributed by atoms with Crippen molar-refractivity contribution in [1.29, 1.82) is 0 Å². The maximum absolute atomic E-state index is 5.76. The topological polar surface area (TPSA) is 68.2 Å². The van der Waals surface area contributed by atoms with Gasteiger partial charge in [-0.1, -0.05) is 0 Å². The van der Waals surface area contributed by atoms with Gasteiger partial charge in [0.1, 0.15) is 0 Å². The van der Waals surface area contributed by atoms with Crippen LogP contribution in [0.2, 0.25) is 0 Å². The Morgan fingerprint density at radius 1 is 1.32 bits per heavy atom. The van der Waals surface area contributed by atoms with Crippen LogP contribution in [0.25, 0.3) is 16.8 Å². The van der Waals surface area contributed by atoms with Gasteiger partial charge >= 0.3 is 0 Å². The molecular weight excluding hydrogens is 242 g/mol. The minimum atomic E-state index is 0.650. The van der Waals surface area contributed by atoms with E-state index in [1.807, 2.05) is 6.20 Å². The van der Waals surface area contributed by atoms with Gasteiger partial charge in [0.05, 0.1) is 36.2 Å². The first kappa shape index (κ1) is 10.7. The van der Waals surface area contributed by atoms with Gasteiger partial charge in [-0.15, -0.1) is 0 Å². The monoisotopic (exact) mass is 255 g/mol. The average Bonchev–Trinajstić information content (AvgIpc) is 3.00. The van der Waals surface area contributed by atoms with E-state index in [0.29, 0.717) is 18.5 Å². The van der Waals surface area contributed by atoms with Crippen LogP contribution in [0.1, 0.15) is 18.7 Å². The van der Waals surface area contributed by atoms with Crippen molar-refractivity contribution < 1.29 is 4.42 Å². The molecule has 0 saturated heterocycles. The van der Waals surface area contributed by atoms with Crippen LogP contribution in [0.3, 0.4) is 0 Å². The quantitative estimate of drug-likeness (QED) is 0.767. The summed E-state index contributed by atoms with van der Waals surface area (Å²) in [6, 6.07) is 0.650. The minimum absolute atomic E-state index is 0.650. The van der Waals surface area contributed by atoms with Crippen LogP contribution in [0, 0.1) is 0 Å². The molecule has 0 amide bonds. The molecule has 19 heavy (non-hydrogen) atoms. The summed E-state index contributed by atoms with van der Waals surface area (Å²) in [6.45, 7) is 0.683. The number of nitrogens with one attached hydrogen (secondary N) is 1. The van der Waals surface area contributed by atoms with E-state index >= 15 is 0 Å². The number of fused-ring (bicyclic) bond motifs is 1. The molecule has 1 aliphatic rings. The Kier molecular flexibility index (Phi) is 2.34. The average molecular weight is 255 g/mol. The predicted molar refractivity (Wildman–Crippen MR) is 68.3 cm³/mol. The molecule has 96 valence electrons. The van der Waals surface area contributed by atoms with Crippen LogP contribution in [-0.2, 0) is 6.54 Å². The first-order valence-electron chi connectivity index (χ1n) is 6.36. The molecule has 6 nitrogen and oxygen atoms in total. The lowest BCUT2D eigenvalue weighted by atomic mass is 10.2. The summed E-state index contributed by atoms with van der Waals surface area (Å²) in [5, 5.41) is 7.64. The van der Waals surface area contributed by atoms with Crippen molar-refractivity contribution >= 4 is 5.52 Å². The number of aromatic nitrogens is 4. The van der Waals surface area contributed by atoms with Gasteiger partial charge in [0.25, 0.3) is 0 Å². The summed E-state index contributed by atoms with van der Waals surface area (Å²) in [5.41, 5.74) is 1.83. The third kappa shape index (κ3) is 2.00. The van der Waals surface area contributed by atoms with Crippen molar-refractivity contribution in [2.75, 3.05) is 0 Å². The summed E-state index contributed by atoms with van der Waals surface area (Å²) in [5.74, 6) is 1.45. The SMILES string of the molecule is c1cn2ncc(-c3cnc(CNC4CC4)o3)c2cn1. The Morgan fingerprint density at radius 2 is 2.26 bits per heavy atom. The lowest BCUT2D eigenvalue weighted by Crippen LogP contribution is -2.15. The summed E-state index contributed by atoms with van der Waals surface area (Å²) in [6.07, 6.45) is 11.3. The van der Waals surface area contributed by atoms with Crippen LogP contribution in [0.5, 0.6) is 0 Å². The van der Waals surface area contributed by atoms with E-state index in [4.69, 9.17) is 4.42 Å². The zero-order chi connectivity index (χ0) is 12.7. The molecule has 0 atom stereocenters. The van der Waals surface area contributed by atoms with Crippen LogP contribution >= 0.6 is 0 Å². The Labute approximate surface area is 109 Å². The Hall–Kier alpha value is -2.21. The van der Waals surface area contributed by atoms with Crippen molar-refractivity contribution in [2.24, 2.45) is 0 Å². The Bertz CT molecular complexity index is 712. The molecule has 1 aliphatic carbocycles. The van der Waals surface area contributed by atoms with Crippen LogP contribution in [0.15, 0.2) is 35.4 Å². The van der Waals surface area contributed by atoms with Crippen molar-refractivity contribution in [2.45, 2.75) is 25.4 Å². The lowest BCUT2D eigenvalue weighted by molar-refractivity contribution is 0.477. The first-order valence-corrected chi connectivity index (χ1v) is 6.36. The molecule has 0 bridgehead atoms. The lowest BCUT2D eigenvalue weighted by Gasteiger charge is -1.97. The maximum atomic E-state index is 5.76. The molecule has 0 spiro atoms. The third-order valence-electron chi connectivity index (χ3n) is 3.26. The van der Waals surface area contributed by atoms with Crippen molar-refractivity contribution in [3.8, 4) is 11.3 Å².